The Kier molecular flexibility index (Phi) is 7.63. The van der Waals surface area contributed by atoms with Crippen LogP contribution in [-0.2, 0) is 17.4 Å². The van der Waals surface area contributed by atoms with Crippen LogP contribution in [0.1, 0.15) is 28.2 Å². The fraction of sp³-hybridized carbons (Fsp3) is 0.192. The van der Waals surface area contributed by atoms with Gasteiger partial charge in [0.15, 0.2) is 5.13 Å². The Balaban J connectivity index is 1.35. The number of amides is 1. The number of hydrogen-bond donors (Lipinski definition) is 2. The zero-order valence-corrected chi connectivity index (χ0v) is 21.1. The lowest BCUT2D eigenvalue weighted by atomic mass is 10.2. The third kappa shape index (κ3) is 6.36. The van der Waals surface area contributed by atoms with Crippen molar-refractivity contribution in [2.75, 3.05) is 12.4 Å². The molecule has 0 aliphatic heterocycles. The first-order valence-corrected chi connectivity index (χ1v) is 12.1. The van der Waals surface area contributed by atoms with E-state index in [0.717, 1.165) is 40.5 Å². The summed E-state index contributed by atoms with van der Waals surface area (Å²) in [5.74, 6) is 0.408. The quantitative estimate of drug-likeness (QED) is 0.217. The summed E-state index contributed by atoms with van der Waals surface area (Å²) >= 11 is 1.19. The summed E-state index contributed by atoms with van der Waals surface area (Å²) in [6, 6.07) is 14.5. The number of hydrazone groups is 1. The van der Waals surface area contributed by atoms with Crippen molar-refractivity contribution in [3.05, 3.63) is 88.2 Å². The molecule has 0 aliphatic rings. The van der Waals surface area contributed by atoms with E-state index in [0.29, 0.717) is 10.8 Å². The minimum atomic E-state index is -4.43. The molecule has 0 spiro atoms. The van der Waals surface area contributed by atoms with Crippen LogP contribution in [-0.4, -0.2) is 28.8 Å². The average molecular weight is 528 g/mol. The number of ether oxygens (including phenoxy) is 1. The number of rotatable bonds is 8. The number of aromatic nitrogens is 2. The van der Waals surface area contributed by atoms with Crippen LogP contribution in [0, 0.1) is 13.8 Å². The number of nitrogens with one attached hydrogen (secondary N) is 2. The average Bonchev–Trinajstić information content (AvgIpc) is 3.41. The lowest BCUT2D eigenvalue weighted by Gasteiger charge is -2.10. The summed E-state index contributed by atoms with van der Waals surface area (Å²) in [7, 11) is 1.62. The highest BCUT2D eigenvalue weighted by Gasteiger charge is 2.30. The molecule has 0 atom stereocenters. The van der Waals surface area contributed by atoms with Crippen molar-refractivity contribution in [3.63, 3.8) is 0 Å². The Morgan fingerprint density at radius 3 is 2.62 bits per heavy atom. The molecule has 0 aliphatic carbocycles. The normalized spacial score (nSPS) is 11.6. The summed E-state index contributed by atoms with van der Waals surface area (Å²) in [5.41, 5.74) is 6.30. The predicted molar refractivity (Wildman–Crippen MR) is 138 cm³/mol. The summed E-state index contributed by atoms with van der Waals surface area (Å²) in [6.07, 6.45) is -2.87. The molecular weight excluding hydrogens is 503 g/mol. The number of alkyl halides is 3. The van der Waals surface area contributed by atoms with Gasteiger partial charge in [0.05, 0.1) is 31.0 Å². The molecule has 2 aromatic heterocycles. The maximum absolute atomic E-state index is 12.9. The fourth-order valence-electron chi connectivity index (χ4n) is 3.77. The number of methoxy groups -OCH3 is 1. The third-order valence-corrected chi connectivity index (χ3v) is 6.33. The summed E-state index contributed by atoms with van der Waals surface area (Å²) in [5, 5.41) is 8.98. The number of thiazole rings is 1. The number of anilines is 2. The Morgan fingerprint density at radius 1 is 1.16 bits per heavy atom. The van der Waals surface area contributed by atoms with E-state index in [9.17, 15) is 18.0 Å². The Hall–Kier alpha value is -4.12. The number of aryl methyl sites for hydroxylation is 1. The Bertz CT molecular complexity index is 1420. The van der Waals surface area contributed by atoms with Crippen LogP contribution < -0.4 is 15.5 Å². The number of carbonyl (C=O) groups excluding carboxylic acids is 1. The molecule has 2 aromatic carbocycles. The minimum absolute atomic E-state index is 0.0248. The molecule has 192 valence electrons. The van der Waals surface area contributed by atoms with Crippen molar-refractivity contribution in [2.24, 2.45) is 5.10 Å². The van der Waals surface area contributed by atoms with Gasteiger partial charge in [-0.05, 0) is 62.4 Å². The molecule has 0 bridgehead atoms. The maximum atomic E-state index is 12.9. The SMILES string of the molecule is COc1ccc(-n2c(C)cc(/C=N\NC(=O)Cc3csc(Nc4cccc(C(F)(F)F)c4)n3)c2C)cc1. The molecule has 0 saturated carbocycles. The molecule has 7 nitrogen and oxygen atoms in total. The van der Waals surface area contributed by atoms with Crippen LogP contribution in [0.3, 0.4) is 0 Å². The summed E-state index contributed by atoms with van der Waals surface area (Å²) < 4.78 is 46.0. The molecule has 1 amide bonds. The van der Waals surface area contributed by atoms with Crippen LogP contribution >= 0.6 is 11.3 Å². The second-order valence-corrected chi connectivity index (χ2v) is 9.04. The summed E-state index contributed by atoms with van der Waals surface area (Å²) in [6.45, 7) is 3.95. The van der Waals surface area contributed by atoms with Crippen molar-refractivity contribution in [2.45, 2.75) is 26.4 Å². The first kappa shape index (κ1) is 26.0. The molecule has 11 heteroatoms. The largest absolute Gasteiger partial charge is 0.497 e. The fourth-order valence-corrected chi connectivity index (χ4v) is 4.50. The molecule has 0 radical (unpaired) electrons. The van der Waals surface area contributed by atoms with E-state index in [1.165, 1.54) is 23.5 Å². The highest BCUT2D eigenvalue weighted by molar-refractivity contribution is 7.13. The van der Waals surface area contributed by atoms with Gasteiger partial charge in [-0.2, -0.15) is 18.3 Å². The highest BCUT2D eigenvalue weighted by Crippen LogP contribution is 2.32. The van der Waals surface area contributed by atoms with Crippen LogP contribution in [0.5, 0.6) is 5.75 Å². The van der Waals surface area contributed by atoms with Crippen molar-refractivity contribution < 1.29 is 22.7 Å². The number of benzene rings is 2. The van der Waals surface area contributed by atoms with Crippen LogP contribution in [0.2, 0.25) is 0 Å². The first-order valence-electron chi connectivity index (χ1n) is 11.2. The smallest absolute Gasteiger partial charge is 0.416 e. The van der Waals surface area contributed by atoms with Crippen molar-refractivity contribution in [3.8, 4) is 11.4 Å². The zero-order valence-electron chi connectivity index (χ0n) is 20.3. The van der Waals surface area contributed by atoms with Crippen molar-refractivity contribution >= 4 is 34.3 Å². The van der Waals surface area contributed by atoms with Gasteiger partial charge in [-0.25, -0.2) is 10.4 Å². The van der Waals surface area contributed by atoms with Gasteiger partial charge in [0.25, 0.3) is 0 Å². The molecule has 0 saturated heterocycles. The highest BCUT2D eigenvalue weighted by atomic mass is 32.1. The van der Waals surface area contributed by atoms with Gasteiger partial charge in [0.2, 0.25) is 5.91 Å². The van der Waals surface area contributed by atoms with Crippen LogP contribution in [0.15, 0.2) is 65.1 Å². The first-order chi connectivity index (χ1) is 17.6. The van der Waals surface area contributed by atoms with Crippen molar-refractivity contribution in [1.29, 1.82) is 0 Å². The van der Waals surface area contributed by atoms with E-state index in [1.54, 1.807) is 18.7 Å². The third-order valence-electron chi connectivity index (χ3n) is 5.53. The predicted octanol–water partition coefficient (Wildman–Crippen LogP) is 6.01. The van der Waals surface area contributed by atoms with Gasteiger partial charge >= 0.3 is 6.18 Å². The number of carbonyl (C=O) groups is 1. The second-order valence-electron chi connectivity index (χ2n) is 8.18. The standard InChI is InChI=1S/C26H24F3N5O2S/c1-16-11-18(17(2)34(16)22-7-9-23(36-3)10-8-22)14-30-33-24(35)13-21-15-37-25(32-21)31-20-6-4-5-19(12-20)26(27,28)29/h4-12,14-15H,13H2,1-3H3,(H,31,32)(H,33,35)/b30-14-. The molecule has 0 unspecified atom stereocenters. The van der Waals surface area contributed by atoms with E-state index in [-0.39, 0.29) is 18.0 Å². The van der Waals surface area contributed by atoms with E-state index in [1.807, 2.05) is 44.2 Å². The molecule has 4 aromatic rings. The number of hydrogen-bond acceptors (Lipinski definition) is 6. The van der Waals surface area contributed by atoms with Crippen LogP contribution in [0.4, 0.5) is 24.0 Å². The Morgan fingerprint density at radius 2 is 1.92 bits per heavy atom. The molecule has 2 heterocycles. The lowest BCUT2D eigenvalue weighted by Crippen LogP contribution is -2.20. The summed E-state index contributed by atoms with van der Waals surface area (Å²) in [4.78, 5) is 16.6. The molecule has 4 rings (SSSR count). The zero-order chi connectivity index (χ0) is 26.6. The van der Waals surface area contributed by atoms with Gasteiger partial charge in [0.1, 0.15) is 5.75 Å². The number of nitrogens with zero attached hydrogens (tertiary/aromatic N) is 3. The molecule has 37 heavy (non-hydrogen) atoms. The second kappa shape index (κ2) is 10.9. The Labute approximate surface area is 215 Å². The number of halogens is 3. The molecular formula is C26H24F3N5O2S. The van der Waals surface area contributed by atoms with Crippen molar-refractivity contribution in [1.82, 2.24) is 15.0 Å². The van der Waals surface area contributed by atoms with E-state index in [4.69, 9.17) is 4.74 Å². The van der Waals surface area contributed by atoms with Gasteiger partial charge in [-0.15, -0.1) is 11.3 Å². The van der Waals surface area contributed by atoms with Gasteiger partial charge in [0, 0.05) is 33.7 Å². The lowest BCUT2D eigenvalue weighted by molar-refractivity contribution is -0.137. The topological polar surface area (TPSA) is 80.5 Å². The minimum Gasteiger partial charge on any atom is -0.497 e. The van der Waals surface area contributed by atoms with Gasteiger partial charge in [-0.3, -0.25) is 4.79 Å². The maximum Gasteiger partial charge on any atom is 0.416 e. The van der Waals surface area contributed by atoms with E-state index < -0.39 is 11.7 Å². The van der Waals surface area contributed by atoms with E-state index >= 15 is 0 Å². The van der Waals surface area contributed by atoms with E-state index in [2.05, 4.69) is 25.4 Å². The van der Waals surface area contributed by atoms with Crippen LogP contribution in [0.25, 0.3) is 5.69 Å². The van der Waals surface area contributed by atoms with Gasteiger partial charge < -0.3 is 14.6 Å². The molecule has 2 N–H and O–H groups in total. The monoisotopic (exact) mass is 527 g/mol. The molecule has 0 fully saturated rings. The van der Waals surface area contributed by atoms with Gasteiger partial charge in [-0.1, -0.05) is 6.07 Å².